The van der Waals surface area contributed by atoms with E-state index in [9.17, 15) is 9.11 Å². The van der Waals surface area contributed by atoms with Crippen molar-refractivity contribution in [1.29, 1.82) is 0 Å². The van der Waals surface area contributed by atoms with Crippen LogP contribution < -0.4 is 0 Å². The standard InChI is InChI=1S/2C4H10OS.OS/c2*1-3-6(5)4-2;1-2/h2*3-4H2,1-2H3;. The molecule has 14 heavy (non-hydrogen) atoms. The van der Waals surface area contributed by atoms with Crippen LogP contribution in [0.15, 0.2) is 0 Å². The van der Waals surface area contributed by atoms with Gasteiger partial charge in [0, 0.05) is 0 Å². The lowest BCUT2D eigenvalue weighted by Crippen LogP contribution is -2.04. The zero-order valence-electron chi connectivity index (χ0n) is 9.28. The molecule has 0 amide bonds. The van der Waals surface area contributed by atoms with Crippen LogP contribution >= 0.6 is 0 Å². The summed E-state index contributed by atoms with van der Waals surface area (Å²) < 4.78 is 28.4. The van der Waals surface area contributed by atoms with Crippen molar-refractivity contribution >= 4 is 34.9 Å². The molecule has 0 aromatic heterocycles. The molecule has 0 aliphatic heterocycles. The van der Waals surface area contributed by atoms with Gasteiger partial charge in [0.1, 0.15) is 23.0 Å². The summed E-state index contributed by atoms with van der Waals surface area (Å²) in [6.45, 7) is 7.72. The monoisotopic (exact) mass is 260 g/mol. The molecule has 0 saturated heterocycles. The maximum Gasteiger partial charge on any atom is 0.197 e. The Hall–Kier alpha value is 0.640. The van der Waals surface area contributed by atoms with Crippen LogP contribution in [0.5, 0.6) is 0 Å². The Kier molecular flexibility index (Phi) is 27.6. The minimum atomic E-state index is -0.534. The fourth-order valence-corrected chi connectivity index (χ4v) is 1.22. The predicted octanol–water partition coefficient (Wildman–Crippen LogP) is 1.21. The fraction of sp³-hybridized carbons (Fsp3) is 1.00. The van der Waals surface area contributed by atoms with E-state index < -0.39 is 22.4 Å². The second kappa shape index (κ2) is 19.2. The van der Waals surface area contributed by atoms with Gasteiger partial charge in [-0.25, -0.2) is 0 Å². The van der Waals surface area contributed by atoms with E-state index in [4.69, 9.17) is 4.21 Å². The van der Waals surface area contributed by atoms with Gasteiger partial charge in [-0.3, -0.25) is 0 Å². The van der Waals surface area contributed by atoms with Crippen molar-refractivity contribution in [3.8, 4) is 0 Å². The number of hydrogen-bond donors (Lipinski definition) is 0. The van der Waals surface area contributed by atoms with Crippen molar-refractivity contribution < 1.29 is 13.3 Å². The summed E-state index contributed by atoms with van der Waals surface area (Å²) in [5, 5.41) is 0. The topological polar surface area (TPSA) is 63.2 Å². The van der Waals surface area contributed by atoms with Crippen molar-refractivity contribution in [2.24, 2.45) is 0 Å². The van der Waals surface area contributed by atoms with E-state index in [1.165, 1.54) is 0 Å². The van der Waals surface area contributed by atoms with Crippen molar-refractivity contribution in [3.63, 3.8) is 0 Å². The van der Waals surface area contributed by atoms with E-state index in [0.29, 0.717) is 0 Å². The summed E-state index contributed by atoms with van der Waals surface area (Å²) in [4.78, 5) is 0. The zero-order chi connectivity index (χ0) is 12.0. The summed E-state index contributed by atoms with van der Waals surface area (Å²) >= 11 is 1.77. The Morgan fingerprint density at radius 3 is 0.929 bits per heavy atom. The highest BCUT2D eigenvalue weighted by Gasteiger charge is 1.91. The third-order valence-corrected chi connectivity index (χ3v) is 3.86. The minimum Gasteiger partial charge on any atom is -0.616 e. The molecule has 0 aromatic carbocycles. The maximum atomic E-state index is 10.3. The first-order valence-corrected chi connectivity index (χ1v) is 7.79. The quantitative estimate of drug-likeness (QED) is 0.713. The normalized spacial score (nSPS) is 8.86. The van der Waals surface area contributed by atoms with Gasteiger partial charge in [-0.1, -0.05) is 22.4 Å². The van der Waals surface area contributed by atoms with Gasteiger partial charge in [0.2, 0.25) is 0 Å². The van der Waals surface area contributed by atoms with E-state index >= 15 is 0 Å². The summed E-state index contributed by atoms with van der Waals surface area (Å²) in [5.41, 5.74) is 0. The third-order valence-electron chi connectivity index (χ3n) is 1.29. The van der Waals surface area contributed by atoms with E-state index in [0.717, 1.165) is 23.0 Å². The van der Waals surface area contributed by atoms with E-state index in [1.54, 1.807) is 0 Å². The molecular weight excluding hydrogens is 240 g/mol. The Morgan fingerprint density at radius 2 is 0.929 bits per heavy atom. The second-order valence-corrected chi connectivity index (χ2v) is 6.10. The molecule has 6 heteroatoms. The van der Waals surface area contributed by atoms with Gasteiger partial charge in [-0.2, -0.15) is 4.21 Å². The molecule has 0 heterocycles. The molecule has 3 nitrogen and oxygen atoms in total. The lowest BCUT2D eigenvalue weighted by atomic mass is 11.0. The van der Waals surface area contributed by atoms with E-state index in [2.05, 4.69) is 12.5 Å². The minimum absolute atomic E-state index is 0.534. The molecular formula is C8H20O3S3. The van der Waals surface area contributed by atoms with Crippen molar-refractivity contribution in [2.45, 2.75) is 27.7 Å². The van der Waals surface area contributed by atoms with Crippen LogP contribution in [-0.2, 0) is 34.9 Å². The first kappa shape index (κ1) is 20.1. The molecule has 0 aliphatic rings. The van der Waals surface area contributed by atoms with Crippen molar-refractivity contribution in [2.75, 3.05) is 23.0 Å². The fourth-order valence-electron chi connectivity index (χ4n) is 0.408. The van der Waals surface area contributed by atoms with Gasteiger partial charge in [0.25, 0.3) is 0 Å². The van der Waals surface area contributed by atoms with Gasteiger partial charge in [0.05, 0.1) is 0 Å². The van der Waals surface area contributed by atoms with Crippen molar-refractivity contribution in [1.82, 2.24) is 0 Å². The lowest BCUT2D eigenvalue weighted by Gasteiger charge is -2.01. The number of rotatable bonds is 4. The van der Waals surface area contributed by atoms with Crippen LogP contribution in [0.4, 0.5) is 0 Å². The van der Waals surface area contributed by atoms with E-state index in [1.807, 2.05) is 27.7 Å². The molecule has 0 N–H and O–H groups in total. The summed E-state index contributed by atoms with van der Waals surface area (Å²) in [7, 11) is 0. The molecule has 0 rings (SSSR count). The molecule has 0 spiro atoms. The maximum absolute atomic E-state index is 10.3. The van der Waals surface area contributed by atoms with Crippen molar-refractivity contribution in [3.05, 3.63) is 0 Å². The highest BCUT2D eigenvalue weighted by atomic mass is 32.2. The first-order valence-electron chi connectivity index (χ1n) is 4.48. The van der Waals surface area contributed by atoms with Gasteiger partial charge < -0.3 is 9.11 Å². The van der Waals surface area contributed by atoms with Crippen LogP contribution in [0, 0.1) is 0 Å². The largest absolute Gasteiger partial charge is 0.616 e. The van der Waals surface area contributed by atoms with Crippen LogP contribution in [0.2, 0.25) is 0 Å². The molecule has 0 fully saturated rings. The molecule has 0 unspecified atom stereocenters. The van der Waals surface area contributed by atoms with Gasteiger partial charge >= 0.3 is 0 Å². The number of hydrogen-bond acceptors (Lipinski definition) is 4. The molecule has 88 valence electrons. The lowest BCUT2D eigenvalue weighted by molar-refractivity contribution is 0.596. The molecule has 0 aliphatic carbocycles. The summed E-state index contributed by atoms with van der Waals surface area (Å²) in [6.07, 6.45) is 0. The molecule has 0 radical (unpaired) electrons. The summed E-state index contributed by atoms with van der Waals surface area (Å²) in [5.74, 6) is 3.21. The smallest absolute Gasteiger partial charge is 0.197 e. The highest BCUT2D eigenvalue weighted by molar-refractivity contribution is 7.91. The SMILES string of the molecule is CC[S+]([O-])CC.CC[S+]([O-])CC.O=S. The Balaban J connectivity index is -0.000000147. The molecule has 0 saturated carbocycles. The Bertz CT molecular complexity index is 77.9. The van der Waals surface area contributed by atoms with Crippen LogP contribution in [0.1, 0.15) is 27.7 Å². The average Bonchev–Trinajstić information content (AvgIpc) is 2.30. The van der Waals surface area contributed by atoms with Gasteiger partial charge in [0.15, 0.2) is 12.5 Å². The van der Waals surface area contributed by atoms with Crippen LogP contribution in [0.25, 0.3) is 0 Å². The molecule has 0 aromatic rings. The summed E-state index contributed by atoms with van der Waals surface area (Å²) in [6, 6.07) is 0. The average molecular weight is 260 g/mol. The molecule has 0 atom stereocenters. The van der Waals surface area contributed by atoms with Gasteiger partial charge in [-0.05, 0) is 27.7 Å². The zero-order valence-corrected chi connectivity index (χ0v) is 11.7. The van der Waals surface area contributed by atoms with Crippen LogP contribution in [-0.4, -0.2) is 36.3 Å². The third kappa shape index (κ3) is 22.9. The Morgan fingerprint density at radius 1 is 0.786 bits per heavy atom. The second-order valence-electron chi connectivity index (χ2n) is 2.03. The van der Waals surface area contributed by atoms with E-state index in [-0.39, 0.29) is 0 Å². The van der Waals surface area contributed by atoms with Gasteiger partial charge in [-0.15, -0.1) is 0 Å². The Labute approximate surface area is 98.9 Å². The highest BCUT2D eigenvalue weighted by Crippen LogP contribution is 1.85. The van der Waals surface area contributed by atoms with Crippen LogP contribution in [0.3, 0.4) is 0 Å². The first-order chi connectivity index (χ1) is 6.62. The molecule has 0 bridgehead atoms. The predicted molar refractivity (Wildman–Crippen MR) is 66.6 cm³/mol.